The number of carboxylic acids is 1. The number of pyridine rings is 1. The van der Waals surface area contributed by atoms with Crippen molar-refractivity contribution in [2.75, 3.05) is 6.54 Å². The molecule has 15 nitrogen and oxygen atoms in total. The molecule has 0 fully saturated rings. The molecule has 2 heterocycles. The molecule has 1 amide bonds. The minimum atomic E-state index is -5.15. The van der Waals surface area contributed by atoms with E-state index in [4.69, 9.17) is 4.42 Å². The lowest BCUT2D eigenvalue weighted by Crippen LogP contribution is -2.44. The van der Waals surface area contributed by atoms with Crippen molar-refractivity contribution in [3.05, 3.63) is 106 Å². The number of aliphatic hydroxyl groups is 1. The Morgan fingerprint density at radius 3 is 2.33 bits per heavy atom. The molecule has 5 rings (SSSR count). The molecule has 1 unspecified atom stereocenters. The first-order valence-electron chi connectivity index (χ1n) is 14.1. The van der Waals surface area contributed by atoms with E-state index < -0.39 is 45.0 Å². The van der Waals surface area contributed by atoms with Crippen LogP contribution in [0.3, 0.4) is 0 Å². The number of carbonyl (C=O) groups excluding carboxylic acids is 1. The third-order valence-electron chi connectivity index (χ3n) is 7.49. The predicted molar refractivity (Wildman–Crippen MR) is 170 cm³/mol. The maximum Gasteiger partial charge on any atom is 0.341 e. The molecule has 0 saturated heterocycles. The Balaban J connectivity index is 1.39. The number of hydrogen-bond donors (Lipinski definition) is 8. The number of rotatable bonds is 11. The summed E-state index contributed by atoms with van der Waals surface area (Å²) in [6.07, 6.45) is 1.04. The fraction of sp³-hybridized carbons (Fsp3) is 0.161. The summed E-state index contributed by atoms with van der Waals surface area (Å²) < 4.78 is 30.6. The van der Waals surface area contributed by atoms with Crippen LogP contribution in [-0.4, -0.2) is 64.8 Å². The molecule has 1 aromatic heterocycles. The Hall–Kier alpha value is -4.72. The lowest BCUT2D eigenvalue weighted by Gasteiger charge is -2.19. The van der Waals surface area contributed by atoms with Gasteiger partial charge in [0.15, 0.2) is 29.8 Å². The van der Waals surface area contributed by atoms with Crippen LogP contribution >= 0.6 is 15.2 Å². The third kappa shape index (κ3) is 7.70. The first kappa shape index (κ1) is 34.6. The summed E-state index contributed by atoms with van der Waals surface area (Å²) in [4.78, 5) is 75.3. The molecule has 3 aromatic rings. The molecule has 0 saturated carbocycles. The van der Waals surface area contributed by atoms with Crippen LogP contribution in [-0.2, 0) is 22.1 Å². The molecule has 2 aliphatic rings. The molecule has 250 valence electrons. The van der Waals surface area contributed by atoms with E-state index in [0.29, 0.717) is 16.5 Å². The summed E-state index contributed by atoms with van der Waals surface area (Å²) in [6.45, 7) is -0.394. The monoisotopic (exact) mass is 699 g/mol. The van der Waals surface area contributed by atoms with Crippen molar-refractivity contribution in [3.63, 3.8) is 0 Å². The summed E-state index contributed by atoms with van der Waals surface area (Å²) in [5, 5.41) is 31.4. The maximum absolute atomic E-state index is 13.2. The Kier molecular flexibility index (Phi) is 9.67. The van der Waals surface area contributed by atoms with Gasteiger partial charge in [0.1, 0.15) is 23.2 Å². The van der Waals surface area contributed by atoms with Crippen molar-refractivity contribution >= 4 is 38.0 Å². The quantitative estimate of drug-likeness (QED) is 0.0560. The van der Waals surface area contributed by atoms with Crippen molar-refractivity contribution in [1.29, 1.82) is 0 Å². The number of aromatic nitrogens is 1. The summed E-state index contributed by atoms with van der Waals surface area (Å²) in [5.41, 5.74) is 0.727. The number of phenolic OH excluding ortho intramolecular Hbond substituents is 1. The van der Waals surface area contributed by atoms with E-state index in [1.54, 1.807) is 0 Å². The van der Waals surface area contributed by atoms with E-state index in [0.717, 1.165) is 0 Å². The Labute approximate surface area is 271 Å². The Bertz CT molecular complexity index is 2150. The number of carboxylic acid groups (broad SMARTS) is 1. The van der Waals surface area contributed by atoms with Crippen molar-refractivity contribution in [2.45, 2.75) is 24.5 Å². The van der Waals surface area contributed by atoms with Crippen LogP contribution in [0.25, 0.3) is 33.4 Å². The average Bonchev–Trinajstić information content (AvgIpc) is 3.00. The topological polar surface area (TPSA) is 256 Å². The maximum atomic E-state index is 13.2. The van der Waals surface area contributed by atoms with Crippen LogP contribution in [0.15, 0.2) is 88.3 Å². The van der Waals surface area contributed by atoms with Crippen molar-refractivity contribution < 1.29 is 62.6 Å². The van der Waals surface area contributed by atoms with Gasteiger partial charge >= 0.3 is 21.2 Å². The fourth-order valence-electron chi connectivity index (χ4n) is 5.30. The number of aliphatic hydroxyl groups excluding tert-OH is 1. The van der Waals surface area contributed by atoms with Gasteiger partial charge in [0.2, 0.25) is 0 Å². The number of aromatic carboxylic acids is 1. The average molecular weight is 700 g/mol. The zero-order valence-corrected chi connectivity index (χ0v) is 26.5. The summed E-state index contributed by atoms with van der Waals surface area (Å²) >= 11 is 0. The van der Waals surface area contributed by atoms with Crippen LogP contribution in [0.1, 0.15) is 26.3 Å². The number of amides is 1. The summed E-state index contributed by atoms with van der Waals surface area (Å²) in [6, 6.07) is 15.0. The molecule has 0 radical (unpaired) electrons. The molecule has 1 atom stereocenters. The lowest BCUT2D eigenvalue weighted by molar-refractivity contribution is -0.703. The van der Waals surface area contributed by atoms with Gasteiger partial charge < -0.3 is 44.6 Å². The molecule has 2 aromatic carbocycles. The summed E-state index contributed by atoms with van der Waals surface area (Å²) in [5.74, 6) is -1.95. The largest absolute Gasteiger partial charge is 0.508 e. The molecule has 17 heteroatoms. The highest BCUT2D eigenvalue weighted by molar-refractivity contribution is 7.70. The molecule has 8 N–H and O–H groups in total. The van der Waals surface area contributed by atoms with Crippen molar-refractivity contribution in [1.82, 2.24) is 5.32 Å². The predicted octanol–water partition coefficient (Wildman–Crippen LogP) is 2.27. The van der Waals surface area contributed by atoms with Crippen molar-refractivity contribution in [2.24, 2.45) is 0 Å². The normalized spacial score (nSPS) is 12.8. The second kappa shape index (κ2) is 13.4. The first-order chi connectivity index (χ1) is 22.5. The van der Waals surface area contributed by atoms with Gasteiger partial charge in [0, 0.05) is 52.3 Å². The minimum absolute atomic E-state index is 0.0408. The number of aromatic hydroxyl groups is 1. The molecular weight excluding hydrogens is 670 g/mol. The number of phenols is 1. The highest BCUT2D eigenvalue weighted by atomic mass is 31.2. The van der Waals surface area contributed by atoms with E-state index in [1.807, 2.05) is 0 Å². The van der Waals surface area contributed by atoms with Gasteiger partial charge in [0.25, 0.3) is 5.91 Å². The zero-order valence-electron chi connectivity index (χ0n) is 24.7. The highest BCUT2D eigenvalue weighted by Crippen LogP contribution is 2.60. The number of carbonyl (C=O) groups is 2. The molecule has 0 bridgehead atoms. The second-order valence-corrected chi connectivity index (χ2v) is 15.0. The van der Waals surface area contributed by atoms with Gasteiger partial charge in [-0.15, -0.1) is 0 Å². The van der Waals surface area contributed by atoms with Crippen molar-refractivity contribution in [3.8, 4) is 28.2 Å². The van der Waals surface area contributed by atoms with E-state index in [-0.39, 0.29) is 57.9 Å². The van der Waals surface area contributed by atoms with Gasteiger partial charge in [-0.3, -0.25) is 18.7 Å². The lowest BCUT2D eigenvalue weighted by atomic mass is 9.89. The van der Waals surface area contributed by atoms with Crippen LogP contribution in [0.5, 0.6) is 5.75 Å². The van der Waals surface area contributed by atoms with Gasteiger partial charge in [0.05, 0.1) is 12.1 Å². The standard InChI is InChI=1S/C31H28N2O13P2/c34-19-4-7-23-26(12-19)46-27-13-20(35)5-8-24(27)29(23)25-11-18(3-6-22(25)31(38)39)30(37)32-14-21(36)16-33-9-1-2-17(15-33)10-28(47(40,41)42)48(43,44)45/h1-9,11-13,15,21,28,36H,10,14,16H2,(H6-,32,34,35,37,38,39,40,41,42,43,44,45)/p+1. The Morgan fingerprint density at radius 2 is 1.65 bits per heavy atom. The third-order valence-corrected chi connectivity index (χ3v) is 11.2. The van der Waals surface area contributed by atoms with E-state index in [2.05, 4.69) is 5.32 Å². The van der Waals surface area contributed by atoms with Crippen LogP contribution in [0, 0.1) is 0 Å². The smallest absolute Gasteiger partial charge is 0.341 e. The van der Waals surface area contributed by atoms with E-state index >= 15 is 0 Å². The van der Waals surface area contributed by atoms with Crippen LogP contribution < -0.4 is 15.3 Å². The number of hydrogen-bond acceptors (Lipinski definition) is 8. The van der Waals surface area contributed by atoms with Crippen LogP contribution in [0.2, 0.25) is 0 Å². The molecule has 1 aliphatic heterocycles. The molecule has 48 heavy (non-hydrogen) atoms. The SMILES string of the molecule is O=C(NCC(O)C[n+]1cccc(CC(P(=O)(O)O)P(=O)(O)O)c1)c1ccc(C(=O)O)c(-c2c3ccc(=O)cc-3oc3cc(O)ccc23)c1. The zero-order chi connectivity index (χ0) is 35.0. The second-order valence-electron chi connectivity index (χ2n) is 11.0. The highest BCUT2D eigenvalue weighted by Gasteiger charge is 2.43. The number of nitrogens with zero attached hydrogens (tertiary/aromatic N) is 1. The molecule has 1 aliphatic carbocycles. The van der Waals surface area contributed by atoms with E-state index in [9.17, 15) is 58.4 Å². The van der Waals surface area contributed by atoms with Crippen LogP contribution in [0.4, 0.5) is 0 Å². The minimum Gasteiger partial charge on any atom is -0.508 e. The number of nitrogens with one attached hydrogen (secondary N) is 1. The van der Waals surface area contributed by atoms with E-state index in [1.165, 1.54) is 83.7 Å². The number of fused-ring (bicyclic) bond motifs is 2. The van der Waals surface area contributed by atoms with Gasteiger partial charge in [-0.2, -0.15) is 0 Å². The van der Waals surface area contributed by atoms with Gasteiger partial charge in [-0.05, 0) is 54.1 Å². The fourth-order valence-corrected chi connectivity index (χ4v) is 7.77. The van der Waals surface area contributed by atoms with Gasteiger partial charge in [-0.25, -0.2) is 9.36 Å². The number of benzene rings is 3. The first-order valence-corrected chi connectivity index (χ1v) is 17.5. The summed E-state index contributed by atoms with van der Waals surface area (Å²) in [7, 11) is -10.3. The molecular formula is C31H29N2O13P2+. The molecule has 0 spiro atoms. The van der Waals surface area contributed by atoms with Gasteiger partial charge in [-0.1, -0.05) is 0 Å². The Morgan fingerprint density at radius 1 is 0.917 bits per heavy atom.